The average Bonchev–Trinajstić information content (AvgIpc) is 3.08. The molecule has 0 aliphatic heterocycles. The van der Waals surface area contributed by atoms with Crippen LogP contribution in [0.25, 0.3) is 5.69 Å². The Kier molecular flexibility index (Phi) is 5.01. The van der Waals surface area contributed by atoms with E-state index >= 15 is 0 Å². The topological polar surface area (TPSA) is 44.1 Å². The summed E-state index contributed by atoms with van der Waals surface area (Å²) in [6.45, 7) is 2.05. The van der Waals surface area contributed by atoms with Gasteiger partial charge < -0.3 is 4.74 Å². The number of methoxy groups -OCH3 is 1. The molecular weight excluding hydrogens is 320 g/mol. The van der Waals surface area contributed by atoms with Gasteiger partial charge in [-0.25, -0.2) is 4.98 Å². The number of aryl methyl sites for hydroxylation is 1. The van der Waals surface area contributed by atoms with Gasteiger partial charge in [0.2, 0.25) is 0 Å². The smallest absolute Gasteiger partial charge is 0.323 e. The SMILES string of the molecule is COC(=O)C(Sc1nccn1-c1cccc(C)c1)c1ccccc1. The number of carbonyl (C=O) groups excluding carboxylic acids is 1. The third-order valence-electron chi connectivity index (χ3n) is 3.63. The minimum Gasteiger partial charge on any atom is -0.468 e. The van der Waals surface area contributed by atoms with E-state index in [0.29, 0.717) is 0 Å². The number of ether oxygens (including phenoxy) is 1. The van der Waals surface area contributed by atoms with Crippen LogP contribution in [0, 0.1) is 6.92 Å². The van der Waals surface area contributed by atoms with Gasteiger partial charge in [-0.3, -0.25) is 9.36 Å². The van der Waals surface area contributed by atoms with Gasteiger partial charge in [0.1, 0.15) is 5.25 Å². The zero-order valence-electron chi connectivity index (χ0n) is 13.5. The summed E-state index contributed by atoms with van der Waals surface area (Å²) in [5.41, 5.74) is 3.09. The third kappa shape index (κ3) is 3.51. The number of hydrogen-bond acceptors (Lipinski definition) is 4. The molecule has 3 rings (SSSR count). The van der Waals surface area contributed by atoms with Crippen LogP contribution in [0.3, 0.4) is 0 Å². The molecule has 24 heavy (non-hydrogen) atoms. The molecule has 4 nitrogen and oxygen atoms in total. The molecular formula is C19H18N2O2S. The first kappa shape index (κ1) is 16.3. The van der Waals surface area contributed by atoms with Gasteiger partial charge in [0.25, 0.3) is 0 Å². The van der Waals surface area contributed by atoms with E-state index in [0.717, 1.165) is 16.4 Å². The lowest BCUT2D eigenvalue weighted by molar-refractivity contribution is -0.140. The van der Waals surface area contributed by atoms with E-state index in [1.807, 2.05) is 53.2 Å². The largest absolute Gasteiger partial charge is 0.468 e. The summed E-state index contributed by atoms with van der Waals surface area (Å²) in [6.07, 6.45) is 3.64. The number of carbonyl (C=O) groups is 1. The van der Waals surface area contributed by atoms with Crippen LogP contribution >= 0.6 is 11.8 Å². The fraction of sp³-hybridized carbons (Fsp3) is 0.158. The summed E-state index contributed by atoms with van der Waals surface area (Å²) in [5, 5.41) is 0.294. The number of benzene rings is 2. The highest BCUT2D eigenvalue weighted by Crippen LogP contribution is 2.36. The molecule has 122 valence electrons. The van der Waals surface area contributed by atoms with E-state index in [2.05, 4.69) is 24.0 Å². The Bertz CT molecular complexity index is 830. The van der Waals surface area contributed by atoms with Crippen molar-refractivity contribution in [2.24, 2.45) is 0 Å². The molecule has 0 saturated heterocycles. The fourth-order valence-electron chi connectivity index (χ4n) is 2.44. The number of aromatic nitrogens is 2. The molecule has 0 spiro atoms. The van der Waals surface area contributed by atoms with Gasteiger partial charge in [0.15, 0.2) is 5.16 Å². The zero-order chi connectivity index (χ0) is 16.9. The molecule has 0 aliphatic rings. The number of imidazole rings is 1. The molecule has 1 atom stereocenters. The Morgan fingerprint density at radius 1 is 1.17 bits per heavy atom. The molecule has 0 saturated carbocycles. The highest BCUT2D eigenvalue weighted by Gasteiger charge is 2.25. The van der Waals surface area contributed by atoms with Crippen LogP contribution in [-0.4, -0.2) is 22.6 Å². The number of rotatable bonds is 5. The predicted molar refractivity (Wildman–Crippen MR) is 95.4 cm³/mol. The van der Waals surface area contributed by atoms with Crippen molar-refractivity contribution in [1.82, 2.24) is 9.55 Å². The molecule has 0 amide bonds. The minimum absolute atomic E-state index is 0.287. The van der Waals surface area contributed by atoms with Crippen molar-refractivity contribution in [3.63, 3.8) is 0 Å². The monoisotopic (exact) mass is 338 g/mol. The lowest BCUT2D eigenvalue weighted by Gasteiger charge is -2.15. The van der Waals surface area contributed by atoms with Crippen molar-refractivity contribution in [3.8, 4) is 5.69 Å². The van der Waals surface area contributed by atoms with Crippen molar-refractivity contribution in [2.75, 3.05) is 7.11 Å². The first-order valence-corrected chi connectivity index (χ1v) is 8.47. The highest BCUT2D eigenvalue weighted by molar-refractivity contribution is 8.00. The van der Waals surface area contributed by atoms with Crippen molar-refractivity contribution < 1.29 is 9.53 Å². The van der Waals surface area contributed by atoms with Crippen molar-refractivity contribution in [1.29, 1.82) is 0 Å². The average molecular weight is 338 g/mol. The van der Waals surface area contributed by atoms with E-state index in [1.54, 1.807) is 6.20 Å². The summed E-state index contributed by atoms with van der Waals surface area (Å²) in [6, 6.07) is 17.8. The highest BCUT2D eigenvalue weighted by atomic mass is 32.2. The lowest BCUT2D eigenvalue weighted by Crippen LogP contribution is -2.12. The number of esters is 1. The first-order valence-electron chi connectivity index (χ1n) is 7.59. The van der Waals surface area contributed by atoms with E-state index in [1.165, 1.54) is 24.4 Å². The second-order valence-electron chi connectivity index (χ2n) is 5.35. The standard InChI is InChI=1S/C19H18N2O2S/c1-14-7-6-10-16(13-14)21-12-11-20-19(21)24-17(18(22)23-2)15-8-4-3-5-9-15/h3-13,17H,1-2H3. The van der Waals surface area contributed by atoms with Gasteiger partial charge in [0, 0.05) is 18.1 Å². The molecule has 0 N–H and O–H groups in total. The second-order valence-corrected chi connectivity index (χ2v) is 6.42. The van der Waals surface area contributed by atoms with Gasteiger partial charge in [-0.05, 0) is 30.2 Å². The van der Waals surface area contributed by atoms with Crippen molar-refractivity contribution in [3.05, 3.63) is 78.1 Å². The van der Waals surface area contributed by atoms with Gasteiger partial charge in [-0.15, -0.1) is 0 Å². The fourth-order valence-corrected chi connectivity index (χ4v) is 3.54. The molecule has 1 heterocycles. The summed E-state index contributed by atoms with van der Waals surface area (Å²) in [4.78, 5) is 16.7. The molecule has 0 bridgehead atoms. The normalized spacial score (nSPS) is 11.9. The molecule has 0 aliphatic carbocycles. The summed E-state index contributed by atoms with van der Waals surface area (Å²) in [7, 11) is 1.41. The van der Waals surface area contributed by atoms with Crippen LogP contribution in [0.1, 0.15) is 16.4 Å². The maximum atomic E-state index is 12.3. The van der Waals surface area contributed by atoms with E-state index in [9.17, 15) is 4.79 Å². The predicted octanol–water partition coefficient (Wildman–Crippen LogP) is 4.19. The molecule has 1 aromatic heterocycles. The van der Waals surface area contributed by atoms with Crippen LogP contribution in [0.15, 0.2) is 72.1 Å². The van der Waals surface area contributed by atoms with Crippen LogP contribution in [0.5, 0.6) is 0 Å². The Balaban J connectivity index is 1.94. The van der Waals surface area contributed by atoms with Crippen molar-refractivity contribution >= 4 is 17.7 Å². The minimum atomic E-state index is -0.456. The van der Waals surface area contributed by atoms with E-state index in [-0.39, 0.29) is 5.97 Å². The molecule has 0 fully saturated rings. The number of hydrogen-bond donors (Lipinski definition) is 0. The summed E-state index contributed by atoms with van der Waals surface area (Å²) < 4.78 is 6.97. The van der Waals surface area contributed by atoms with Crippen LogP contribution in [0.2, 0.25) is 0 Å². The van der Waals surface area contributed by atoms with Crippen LogP contribution in [0.4, 0.5) is 0 Å². The summed E-state index contributed by atoms with van der Waals surface area (Å²) >= 11 is 1.39. The Morgan fingerprint density at radius 2 is 1.96 bits per heavy atom. The molecule has 1 unspecified atom stereocenters. The third-order valence-corrected chi connectivity index (χ3v) is 4.84. The van der Waals surface area contributed by atoms with Crippen molar-refractivity contribution in [2.45, 2.75) is 17.3 Å². The summed E-state index contributed by atoms with van der Waals surface area (Å²) in [5.74, 6) is -0.287. The van der Waals surface area contributed by atoms with E-state index in [4.69, 9.17) is 4.74 Å². The Hall–Kier alpha value is -2.53. The maximum Gasteiger partial charge on any atom is 0.323 e. The second kappa shape index (κ2) is 7.36. The zero-order valence-corrected chi connectivity index (χ0v) is 14.4. The maximum absolute atomic E-state index is 12.3. The van der Waals surface area contributed by atoms with Gasteiger partial charge in [0.05, 0.1) is 7.11 Å². The number of thioether (sulfide) groups is 1. The molecule has 5 heteroatoms. The van der Waals surface area contributed by atoms with Crippen LogP contribution in [-0.2, 0) is 9.53 Å². The van der Waals surface area contributed by atoms with E-state index < -0.39 is 5.25 Å². The molecule has 0 radical (unpaired) electrons. The number of nitrogens with zero attached hydrogens (tertiary/aromatic N) is 2. The van der Waals surface area contributed by atoms with Crippen LogP contribution < -0.4 is 0 Å². The quantitative estimate of drug-likeness (QED) is 0.517. The van der Waals surface area contributed by atoms with Gasteiger partial charge in [-0.2, -0.15) is 0 Å². The Labute approximate surface area is 145 Å². The lowest BCUT2D eigenvalue weighted by atomic mass is 10.1. The Morgan fingerprint density at radius 3 is 2.67 bits per heavy atom. The first-order chi connectivity index (χ1) is 11.7. The molecule has 3 aromatic rings. The van der Waals surface area contributed by atoms with Gasteiger partial charge >= 0.3 is 5.97 Å². The molecule has 2 aromatic carbocycles. The van der Waals surface area contributed by atoms with Gasteiger partial charge in [-0.1, -0.05) is 54.2 Å².